The quantitative estimate of drug-likeness (QED) is 0.827. The molecule has 0 atom stereocenters. The molecule has 6 nitrogen and oxygen atoms in total. The lowest BCUT2D eigenvalue weighted by molar-refractivity contribution is -0.133. The van der Waals surface area contributed by atoms with Crippen molar-refractivity contribution in [3.8, 4) is 0 Å². The molecule has 0 spiro atoms. The molecular formula is C14H25N3O3. The number of nitrogens with zero attached hydrogens (tertiary/aromatic N) is 2. The molecule has 2 amide bonds. The maximum absolute atomic E-state index is 12.2. The number of rotatable bonds is 3. The molecule has 0 aromatic heterocycles. The minimum atomic E-state index is -0.299. The first-order valence-electron chi connectivity index (χ1n) is 7.52. The monoisotopic (exact) mass is 283 g/mol. The molecule has 2 rings (SSSR count). The zero-order valence-electron chi connectivity index (χ0n) is 12.3. The summed E-state index contributed by atoms with van der Waals surface area (Å²) in [4.78, 5) is 27.1. The van der Waals surface area contributed by atoms with Crippen LogP contribution in [0.1, 0.15) is 25.7 Å². The fraction of sp³-hybridized carbons (Fsp3) is 0.857. The molecule has 114 valence electrons. The Balaban J connectivity index is 1.67. The Morgan fingerprint density at radius 3 is 2.30 bits per heavy atom. The van der Waals surface area contributed by atoms with E-state index < -0.39 is 0 Å². The van der Waals surface area contributed by atoms with Gasteiger partial charge >= 0.3 is 6.09 Å². The zero-order chi connectivity index (χ0) is 14.4. The van der Waals surface area contributed by atoms with Crippen LogP contribution in [0.5, 0.6) is 0 Å². The summed E-state index contributed by atoms with van der Waals surface area (Å²) in [7, 11) is 1.39. The van der Waals surface area contributed by atoms with Crippen molar-refractivity contribution in [2.45, 2.75) is 25.7 Å². The van der Waals surface area contributed by atoms with Crippen molar-refractivity contribution in [3.63, 3.8) is 0 Å². The van der Waals surface area contributed by atoms with E-state index in [0.29, 0.717) is 38.5 Å². The van der Waals surface area contributed by atoms with Gasteiger partial charge in [-0.15, -0.1) is 0 Å². The largest absolute Gasteiger partial charge is 0.453 e. The minimum Gasteiger partial charge on any atom is -0.453 e. The number of amides is 2. The highest BCUT2D eigenvalue weighted by molar-refractivity contribution is 5.76. The first-order chi connectivity index (χ1) is 9.70. The van der Waals surface area contributed by atoms with Crippen LogP contribution in [0.15, 0.2) is 0 Å². The third kappa shape index (κ3) is 4.10. The Morgan fingerprint density at radius 1 is 1.10 bits per heavy atom. The molecular weight excluding hydrogens is 258 g/mol. The van der Waals surface area contributed by atoms with Gasteiger partial charge in [-0.2, -0.15) is 0 Å². The molecule has 0 aromatic carbocycles. The van der Waals surface area contributed by atoms with E-state index in [4.69, 9.17) is 0 Å². The Morgan fingerprint density at radius 2 is 1.70 bits per heavy atom. The molecule has 0 aliphatic carbocycles. The second kappa shape index (κ2) is 7.47. The summed E-state index contributed by atoms with van der Waals surface area (Å²) in [6.45, 7) is 4.56. The number of ether oxygens (including phenoxy) is 1. The molecule has 2 aliphatic rings. The van der Waals surface area contributed by atoms with Crippen LogP contribution in [-0.4, -0.2) is 68.2 Å². The highest BCUT2D eigenvalue weighted by atomic mass is 16.5. The van der Waals surface area contributed by atoms with Gasteiger partial charge in [-0.05, 0) is 38.3 Å². The van der Waals surface area contributed by atoms with Crippen LogP contribution in [-0.2, 0) is 9.53 Å². The van der Waals surface area contributed by atoms with Gasteiger partial charge in [0.15, 0.2) is 0 Å². The first-order valence-corrected chi connectivity index (χ1v) is 7.52. The van der Waals surface area contributed by atoms with Crippen molar-refractivity contribution in [2.75, 3.05) is 46.4 Å². The lowest BCUT2D eigenvalue weighted by Gasteiger charge is -2.34. The zero-order valence-corrected chi connectivity index (χ0v) is 12.3. The van der Waals surface area contributed by atoms with E-state index in [1.165, 1.54) is 20.0 Å². The summed E-state index contributed by atoms with van der Waals surface area (Å²) >= 11 is 0. The summed E-state index contributed by atoms with van der Waals surface area (Å²) in [6, 6.07) is 0. The summed E-state index contributed by atoms with van der Waals surface area (Å²) < 4.78 is 4.69. The van der Waals surface area contributed by atoms with Gasteiger partial charge < -0.3 is 19.9 Å². The van der Waals surface area contributed by atoms with Gasteiger partial charge in [-0.3, -0.25) is 4.79 Å². The summed E-state index contributed by atoms with van der Waals surface area (Å²) in [5, 5.41) is 3.34. The molecule has 2 fully saturated rings. The van der Waals surface area contributed by atoms with Gasteiger partial charge in [0, 0.05) is 32.6 Å². The number of carbonyl (C=O) groups excluding carboxylic acids is 2. The first kappa shape index (κ1) is 15.1. The van der Waals surface area contributed by atoms with Gasteiger partial charge in [-0.25, -0.2) is 4.79 Å². The fourth-order valence-corrected chi connectivity index (χ4v) is 2.92. The van der Waals surface area contributed by atoms with E-state index in [-0.39, 0.29) is 12.0 Å². The Hall–Kier alpha value is -1.30. The van der Waals surface area contributed by atoms with Crippen molar-refractivity contribution in [2.24, 2.45) is 5.92 Å². The smallest absolute Gasteiger partial charge is 0.409 e. The number of piperazine rings is 1. The molecule has 0 radical (unpaired) electrons. The van der Waals surface area contributed by atoms with Crippen LogP contribution in [0.2, 0.25) is 0 Å². The van der Waals surface area contributed by atoms with Crippen molar-refractivity contribution in [1.29, 1.82) is 0 Å². The summed E-state index contributed by atoms with van der Waals surface area (Å²) in [5.74, 6) is 0.921. The standard InChI is InChI=1S/C14H25N3O3/c1-20-14(19)17-10-8-16(9-11-17)13(18)3-2-12-4-6-15-7-5-12/h12,15H,2-11H2,1H3. The maximum Gasteiger partial charge on any atom is 0.409 e. The normalized spacial score (nSPS) is 20.9. The molecule has 20 heavy (non-hydrogen) atoms. The Bertz CT molecular complexity index is 335. The predicted molar refractivity (Wildman–Crippen MR) is 75.4 cm³/mol. The molecule has 0 bridgehead atoms. The molecule has 2 aliphatic heterocycles. The number of piperidine rings is 1. The van der Waals surface area contributed by atoms with Crippen LogP contribution in [0.3, 0.4) is 0 Å². The van der Waals surface area contributed by atoms with Gasteiger partial charge in [0.1, 0.15) is 0 Å². The second-order valence-electron chi connectivity index (χ2n) is 5.57. The van der Waals surface area contributed by atoms with Crippen LogP contribution in [0.25, 0.3) is 0 Å². The van der Waals surface area contributed by atoms with Gasteiger partial charge in [0.25, 0.3) is 0 Å². The van der Waals surface area contributed by atoms with E-state index in [2.05, 4.69) is 10.1 Å². The lowest BCUT2D eigenvalue weighted by Crippen LogP contribution is -2.50. The minimum absolute atomic E-state index is 0.230. The van der Waals surface area contributed by atoms with Crippen LogP contribution in [0, 0.1) is 5.92 Å². The number of nitrogens with one attached hydrogen (secondary N) is 1. The molecule has 0 unspecified atom stereocenters. The average Bonchev–Trinajstić information content (AvgIpc) is 2.53. The summed E-state index contributed by atoms with van der Waals surface area (Å²) in [6.07, 6.45) is 3.71. The second-order valence-corrected chi connectivity index (χ2v) is 5.57. The van der Waals surface area contributed by atoms with Crippen molar-refractivity contribution in [1.82, 2.24) is 15.1 Å². The maximum atomic E-state index is 12.2. The molecule has 2 heterocycles. The van der Waals surface area contributed by atoms with Crippen LogP contribution >= 0.6 is 0 Å². The number of carbonyl (C=O) groups is 2. The van der Waals surface area contributed by atoms with Crippen LogP contribution < -0.4 is 5.32 Å². The molecule has 1 N–H and O–H groups in total. The highest BCUT2D eigenvalue weighted by Crippen LogP contribution is 2.18. The molecule has 2 saturated heterocycles. The van der Waals surface area contributed by atoms with Crippen molar-refractivity contribution in [3.05, 3.63) is 0 Å². The van der Waals surface area contributed by atoms with E-state index in [0.717, 1.165) is 19.5 Å². The number of methoxy groups -OCH3 is 1. The third-order valence-electron chi connectivity index (χ3n) is 4.29. The van der Waals surface area contributed by atoms with E-state index in [9.17, 15) is 9.59 Å². The highest BCUT2D eigenvalue weighted by Gasteiger charge is 2.25. The van der Waals surface area contributed by atoms with Gasteiger partial charge in [0.05, 0.1) is 7.11 Å². The SMILES string of the molecule is COC(=O)N1CCN(C(=O)CCC2CCNCC2)CC1. The van der Waals surface area contributed by atoms with Gasteiger partial charge in [0.2, 0.25) is 5.91 Å². The van der Waals surface area contributed by atoms with E-state index in [1.807, 2.05) is 4.90 Å². The third-order valence-corrected chi connectivity index (χ3v) is 4.29. The van der Waals surface area contributed by atoms with Gasteiger partial charge in [-0.1, -0.05) is 0 Å². The summed E-state index contributed by atoms with van der Waals surface area (Å²) in [5.41, 5.74) is 0. The number of hydrogen-bond donors (Lipinski definition) is 1. The predicted octanol–water partition coefficient (Wildman–Crippen LogP) is 0.677. The van der Waals surface area contributed by atoms with Crippen LogP contribution in [0.4, 0.5) is 4.79 Å². The van der Waals surface area contributed by atoms with Crippen molar-refractivity contribution < 1.29 is 14.3 Å². The van der Waals surface area contributed by atoms with E-state index >= 15 is 0 Å². The topological polar surface area (TPSA) is 61.9 Å². The van der Waals surface area contributed by atoms with E-state index in [1.54, 1.807) is 4.90 Å². The average molecular weight is 283 g/mol. The fourth-order valence-electron chi connectivity index (χ4n) is 2.92. The molecule has 0 saturated carbocycles. The molecule has 6 heteroatoms. The lowest BCUT2D eigenvalue weighted by atomic mass is 9.93. The number of hydrogen-bond acceptors (Lipinski definition) is 4. The molecule has 0 aromatic rings. The Labute approximate surface area is 120 Å². The Kier molecular flexibility index (Phi) is 5.64. The van der Waals surface area contributed by atoms with Crippen molar-refractivity contribution >= 4 is 12.0 Å².